The van der Waals surface area contributed by atoms with Crippen molar-refractivity contribution in [3.8, 4) is 11.5 Å². The number of carbonyl (C=O) groups excluding carboxylic acids is 2. The maximum absolute atomic E-state index is 12.0. The third kappa shape index (κ3) is 5.89. The van der Waals surface area contributed by atoms with Crippen LogP contribution >= 0.6 is 0 Å². The van der Waals surface area contributed by atoms with Crippen LogP contribution in [0.2, 0.25) is 0 Å². The van der Waals surface area contributed by atoms with Crippen molar-refractivity contribution in [1.29, 1.82) is 0 Å². The number of benzene rings is 2. The Balaban J connectivity index is 1.60. The Morgan fingerprint density at radius 2 is 1.84 bits per heavy atom. The molecule has 0 atom stereocenters. The van der Waals surface area contributed by atoms with Crippen molar-refractivity contribution in [2.75, 3.05) is 14.2 Å². The SMILES string of the molecule is COC(=O)c1ccc(COc2ccc(/C=N/NC(=O)c3cccnc3)cc2OC)cc1. The van der Waals surface area contributed by atoms with E-state index in [-0.39, 0.29) is 11.9 Å². The molecule has 1 aromatic heterocycles. The Morgan fingerprint density at radius 1 is 1.03 bits per heavy atom. The van der Waals surface area contributed by atoms with E-state index in [0.717, 1.165) is 11.1 Å². The normalized spacial score (nSPS) is 10.5. The molecule has 0 fully saturated rings. The number of esters is 1. The molecule has 1 heterocycles. The molecule has 8 nitrogen and oxygen atoms in total. The smallest absolute Gasteiger partial charge is 0.337 e. The fraction of sp³-hybridized carbons (Fsp3) is 0.130. The Labute approximate surface area is 179 Å². The molecule has 0 unspecified atom stereocenters. The summed E-state index contributed by atoms with van der Waals surface area (Å²) in [5.41, 5.74) is 4.95. The van der Waals surface area contributed by atoms with E-state index >= 15 is 0 Å². The summed E-state index contributed by atoms with van der Waals surface area (Å²) in [5, 5.41) is 3.96. The molecule has 0 aliphatic heterocycles. The highest BCUT2D eigenvalue weighted by molar-refractivity contribution is 5.94. The largest absolute Gasteiger partial charge is 0.493 e. The van der Waals surface area contributed by atoms with E-state index in [1.54, 1.807) is 67.9 Å². The second-order valence-electron chi connectivity index (χ2n) is 6.33. The van der Waals surface area contributed by atoms with Crippen LogP contribution in [-0.4, -0.2) is 37.3 Å². The van der Waals surface area contributed by atoms with Crippen molar-refractivity contribution >= 4 is 18.1 Å². The molecule has 158 valence electrons. The van der Waals surface area contributed by atoms with Crippen molar-refractivity contribution in [2.24, 2.45) is 5.10 Å². The van der Waals surface area contributed by atoms with Gasteiger partial charge in [0.05, 0.1) is 31.6 Å². The molecule has 0 aliphatic carbocycles. The second kappa shape index (κ2) is 10.5. The Hall–Kier alpha value is -4.20. The van der Waals surface area contributed by atoms with Crippen molar-refractivity contribution < 1.29 is 23.8 Å². The minimum Gasteiger partial charge on any atom is -0.493 e. The van der Waals surface area contributed by atoms with E-state index < -0.39 is 0 Å². The lowest BCUT2D eigenvalue weighted by atomic mass is 10.1. The van der Waals surface area contributed by atoms with Gasteiger partial charge in [0.2, 0.25) is 0 Å². The van der Waals surface area contributed by atoms with Crippen molar-refractivity contribution in [3.05, 3.63) is 89.2 Å². The Bertz CT molecular complexity index is 1070. The van der Waals surface area contributed by atoms with Crippen LogP contribution in [0.4, 0.5) is 0 Å². The number of hydrogen-bond acceptors (Lipinski definition) is 7. The highest BCUT2D eigenvalue weighted by Crippen LogP contribution is 2.28. The molecule has 0 bridgehead atoms. The average Bonchev–Trinajstić information content (AvgIpc) is 2.83. The molecule has 8 heteroatoms. The number of nitrogens with zero attached hydrogens (tertiary/aromatic N) is 2. The first-order valence-corrected chi connectivity index (χ1v) is 9.32. The third-order valence-corrected chi connectivity index (χ3v) is 4.26. The van der Waals surface area contributed by atoms with Crippen LogP contribution in [0.25, 0.3) is 0 Å². The van der Waals surface area contributed by atoms with Crippen LogP contribution in [0, 0.1) is 0 Å². The summed E-state index contributed by atoms with van der Waals surface area (Å²) in [7, 11) is 2.88. The Morgan fingerprint density at radius 3 is 2.52 bits per heavy atom. The molecule has 0 radical (unpaired) electrons. The van der Waals surface area contributed by atoms with Gasteiger partial charge in [-0.1, -0.05) is 12.1 Å². The molecular formula is C23H21N3O5. The van der Waals surface area contributed by atoms with Gasteiger partial charge in [0.1, 0.15) is 6.61 Å². The number of amides is 1. The van der Waals surface area contributed by atoms with E-state index in [1.165, 1.54) is 19.5 Å². The highest BCUT2D eigenvalue weighted by atomic mass is 16.5. The third-order valence-electron chi connectivity index (χ3n) is 4.26. The summed E-state index contributed by atoms with van der Waals surface area (Å²) in [6.07, 6.45) is 4.56. The van der Waals surface area contributed by atoms with E-state index in [0.29, 0.717) is 29.2 Å². The summed E-state index contributed by atoms with van der Waals surface area (Å²) in [4.78, 5) is 27.4. The topological polar surface area (TPSA) is 99.1 Å². The first-order chi connectivity index (χ1) is 15.1. The van der Waals surface area contributed by atoms with Gasteiger partial charge in [-0.3, -0.25) is 9.78 Å². The fourth-order valence-corrected chi connectivity index (χ4v) is 2.63. The van der Waals surface area contributed by atoms with Gasteiger partial charge < -0.3 is 14.2 Å². The number of pyridine rings is 1. The Kier molecular flexibility index (Phi) is 7.31. The highest BCUT2D eigenvalue weighted by Gasteiger charge is 2.08. The molecule has 1 N–H and O–H groups in total. The monoisotopic (exact) mass is 419 g/mol. The van der Waals surface area contributed by atoms with Crippen LogP contribution in [0.3, 0.4) is 0 Å². The number of carbonyl (C=O) groups is 2. The van der Waals surface area contributed by atoms with Gasteiger partial charge in [-0.15, -0.1) is 0 Å². The van der Waals surface area contributed by atoms with Crippen LogP contribution in [0.1, 0.15) is 31.8 Å². The van der Waals surface area contributed by atoms with E-state index in [4.69, 9.17) is 9.47 Å². The minimum atomic E-state index is -0.386. The van der Waals surface area contributed by atoms with Gasteiger partial charge >= 0.3 is 5.97 Å². The molecule has 0 saturated carbocycles. The summed E-state index contributed by atoms with van der Waals surface area (Å²) >= 11 is 0. The minimum absolute atomic E-state index is 0.298. The van der Waals surface area contributed by atoms with Gasteiger partial charge in [0.25, 0.3) is 5.91 Å². The summed E-state index contributed by atoms with van der Waals surface area (Å²) < 4.78 is 15.9. The zero-order valence-corrected chi connectivity index (χ0v) is 17.1. The molecule has 0 aliphatic rings. The lowest BCUT2D eigenvalue weighted by molar-refractivity contribution is 0.0600. The summed E-state index contributed by atoms with van der Waals surface area (Å²) in [6.45, 7) is 0.298. The first kappa shape index (κ1) is 21.5. The lowest BCUT2D eigenvalue weighted by Crippen LogP contribution is -2.17. The van der Waals surface area contributed by atoms with Crippen LogP contribution < -0.4 is 14.9 Å². The average molecular weight is 419 g/mol. The quantitative estimate of drug-likeness (QED) is 0.342. The maximum atomic E-state index is 12.0. The number of methoxy groups -OCH3 is 2. The standard InChI is InChI=1S/C23H21N3O5/c1-29-21-12-17(13-25-26-22(27)19-4-3-11-24-14-19)7-10-20(21)31-15-16-5-8-18(9-6-16)23(28)30-2/h3-14H,15H2,1-2H3,(H,26,27)/b25-13+. The van der Waals surface area contributed by atoms with E-state index in [9.17, 15) is 9.59 Å². The molecule has 0 saturated heterocycles. The number of nitrogens with one attached hydrogen (secondary N) is 1. The van der Waals surface area contributed by atoms with Crippen molar-refractivity contribution in [3.63, 3.8) is 0 Å². The number of hydrazone groups is 1. The molecule has 2 aromatic carbocycles. The fourth-order valence-electron chi connectivity index (χ4n) is 2.63. The van der Waals surface area contributed by atoms with Crippen molar-refractivity contribution in [2.45, 2.75) is 6.61 Å². The van der Waals surface area contributed by atoms with E-state index in [2.05, 4.69) is 20.2 Å². The zero-order valence-electron chi connectivity index (χ0n) is 17.1. The van der Waals surface area contributed by atoms with Crippen molar-refractivity contribution in [1.82, 2.24) is 10.4 Å². The number of aromatic nitrogens is 1. The summed E-state index contributed by atoms with van der Waals surface area (Å²) in [5.74, 6) is 0.335. The van der Waals surface area contributed by atoms with Gasteiger partial charge in [-0.2, -0.15) is 5.10 Å². The van der Waals surface area contributed by atoms with Gasteiger partial charge in [0.15, 0.2) is 11.5 Å². The van der Waals surface area contributed by atoms with E-state index in [1.807, 2.05) is 0 Å². The molecule has 0 spiro atoms. The predicted molar refractivity (Wildman–Crippen MR) is 114 cm³/mol. The van der Waals surface area contributed by atoms with Crippen LogP contribution in [0.5, 0.6) is 11.5 Å². The number of rotatable bonds is 8. The first-order valence-electron chi connectivity index (χ1n) is 9.32. The van der Waals surface area contributed by atoms with Crippen LogP contribution in [-0.2, 0) is 11.3 Å². The second-order valence-corrected chi connectivity index (χ2v) is 6.33. The maximum Gasteiger partial charge on any atom is 0.337 e. The zero-order chi connectivity index (χ0) is 22.1. The number of ether oxygens (including phenoxy) is 3. The summed E-state index contributed by atoms with van der Waals surface area (Å²) in [6, 6.07) is 15.6. The molecule has 31 heavy (non-hydrogen) atoms. The lowest BCUT2D eigenvalue weighted by Gasteiger charge is -2.11. The van der Waals surface area contributed by atoms with Crippen LogP contribution in [0.15, 0.2) is 72.1 Å². The van der Waals surface area contributed by atoms with Gasteiger partial charge in [0, 0.05) is 12.4 Å². The molecular weight excluding hydrogens is 398 g/mol. The number of hydrogen-bond donors (Lipinski definition) is 1. The van der Waals surface area contributed by atoms with Gasteiger partial charge in [-0.25, -0.2) is 10.2 Å². The van der Waals surface area contributed by atoms with Gasteiger partial charge in [-0.05, 0) is 53.6 Å². The molecule has 1 amide bonds. The molecule has 3 rings (SSSR count). The molecule has 3 aromatic rings. The predicted octanol–water partition coefficient (Wildman–Crippen LogP) is 3.22.